The van der Waals surface area contributed by atoms with Gasteiger partial charge in [0.2, 0.25) is 0 Å². The molecule has 0 spiro atoms. The van der Waals surface area contributed by atoms with Gasteiger partial charge in [-0.25, -0.2) is 9.59 Å². The summed E-state index contributed by atoms with van der Waals surface area (Å²) in [6.45, 7) is 2.54. The smallest absolute Gasteiger partial charge is 0.326 e. The average molecular weight is 269 g/mol. The van der Waals surface area contributed by atoms with Gasteiger partial charge < -0.3 is 19.8 Å². The standard InChI is InChI=1S/C13H23N3O3/c1-14-8-5-10(6-9-14)15(2)13(19)16-7-3-4-11(16)12(17)18/h10-11H,3-9H2,1-2H3,(H,17,18). The number of carboxylic acid groups (broad SMARTS) is 1. The lowest BCUT2D eigenvalue weighted by atomic mass is 10.0. The second-order valence-electron chi connectivity index (χ2n) is 5.62. The number of piperidine rings is 1. The quantitative estimate of drug-likeness (QED) is 0.801. The minimum absolute atomic E-state index is 0.126. The van der Waals surface area contributed by atoms with Gasteiger partial charge in [-0.3, -0.25) is 0 Å². The lowest BCUT2D eigenvalue weighted by molar-refractivity contribution is -0.141. The fraction of sp³-hybridized carbons (Fsp3) is 0.846. The number of amides is 2. The molecule has 0 saturated carbocycles. The predicted octanol–water partition coefficient (Wildman–Crippen LogP) is 0.681. The number of nitrogens with zero attached hydrogens (tertiary/aromatic N) is 3. The van der Waals surface area contributed by atoms with Crippen LogP contribution in [0.15, 0.2) is 0 Å². The molecule has 2 aliphatic heterocycles. The van der Waals surface area contributed by atoms with Crippen LogP contribution in [-0.2, 0) is 4.79 Å². The molecule has 0 aromatic rings. The average Bonchev–Trinajstić information content (AvgIpc) is 2.87. The monoisotopic (exact) mass is 269 g/mol. The Labute approximate surface area is 114 Å². The number of carboxylic acids is 1. The molecule has 2 amide bonds. The van der Waals surface area contributed by atoms with Crippen molar-refractivity contribution >= 4 is 12.0 Å². The number of hydrogen-bond donors (Lipinski definition) is 1. The zero-order valence-electron chi connectivity index (χ0n) is 11.7. The van der Waals surface area contributed by atoms with E-state index in [2.05, 4.69) is 11.9 Å². The molecule has 2 fully saturated rings. The van der Waals surface area contributed by atoms with Crippen LogP contribution in [0.5, 0.6) is 0 Å². The van der Waals surface area contributed by atoms with Crippen LogP contribution in [0.1, 0.15) is 25.7 Å². The molecular weight excluding hydrogens is 246 g/mol. The van der Waals surface area contributed by atoms with E-state index in [0.717, 1.165) is 32.4 Å². The molecule has 0 radical (unpaired) electrons. The van der Waals surface area contributed by atoms with Crippen LogP contribution < -0.4 is 0 Å². The van der Waals surface area contributed by atoms with Crippen molar-refractivity contribution in [3.8, 4) is 0 Å². The third-order valence-electron chi connectivity index (χ3n) is 4.32. The molecule has 19 heavy (non-hydrogen) atoms. The Morgan fingerprint density at radius 3 is 2.37 bits per heavy atom. The number of hydrogen-bond acceptors (Lipinski definition) is 3. The van der Waals surface area contributed by atoms with Crippen LogP contribution in [-0.4, -0.2) is 77.6 Å². The van der Waals surface area contributed by atoms with Gasteiger partial charge in [-0.15, -0.1) is 0 Å². The van der Waals surface area contributed by atoms with Crippen LogP contribution in [0, 0.1) is 0 Å². The van der Waals surface area contributed by atoms with Gasteiger partial charge in [0.25, 0.3) is 0 Å². The van der Waals surface area contributed by atoms with Crippen LogP contribution in [0.4, 0.5) is 4.79 Å². The summed E-state index contributed by atoms with van der Waals surface area (Å²) in [4.78, 5) is 29.1. The van der Waals surface area contributed by atoms with Gasteiger partial charge in [0.05, 0.1) is 0 Å². The van der Waals surface area contributed by atoms with Crippen molar-refractivity contribution in [3.63, 3.8) is 0 Å². The maximum atomic E-state index is 12.4. The zero-order chi connectivity index (χ0) is 14.0. The number of carbonyl (C=O) groups is 2. The Bertz CT molecular complexity index is 353. The van der Waals surface area contributed by atoms with E-state index in [0.29, 0.717) is 13.0 Å². The second-order valence-corrected chi connectivity index (χ2v) is 5.62. The molecule has 2 rings (SSSR count). The van der Waals surface area contributed by atoms with Crippen molar-refractivity contribution in [2.45, 2.75) is 37.8 Å². The summed E-state index contributed by atoms with van der Waals surface area (Å²) in [5.41, 5.74) is 0. The molecule has 2 aliphatic rings. The van der Waals surface area contributed by atoms with Gasteiger partial charge in [0.15, 0.2) is 0 Å². The maximum Gasteiger partial charge on any atom is 0.326 e. The van der Waals surface area contributed by atoms with Crippen molar-refractivity contribution < 1.29 is 14.7 Å². The maximum absolute atomic E-state index is 12.4. The van der Waals surface area contributed by atoms with E-state index in [-0.39, 0.29) is 12.1 Å². The molecule has 1 N–H and O–H groups in total. The van der Waals surface area contributed by atoms with E-state index in [9.17, 15) is 9.59 Å². The molecule has 0 aliphatic carbocycles. The van der Waals surface area contributed by atoms with Crippen molar-refractivity contribution in [2.75, 3.05) is 33.7 Å². The fourth-order valence-electron chi connectivity index (χ4n) is 2.99. The number of aliphatic carboxylic acids is 1. The summed E-state index contributed by atoms with van der Waals surface area (Å²) >= 11 is 0. The Hall–Kier alpha value is -1.30. The van der Waals surface area contributed by atoms with E-state index < -0.39 is 12.0 Å². The molecule has 6 nitrogen and oxygen atoms in total. The summed E-state index contributed by atoms with van der Waals surface area (Å²) in [6.07, 6.45) is 3.28. The molecule has 2 heterocycles. The van der Waals surface area contributed by atoms with Crippen molar-refractivity contribution in [2.24, 2.45) is 0 Å². The highest BCUT2D eigenvalue weighted by atomic mass is 16.4. The van der Waals surface area contributed by atoms with E-state index in [1.54, 1.807) is 11.9 Å². The third kappa shape index (κ3) is 3.00. The van der Waals surface area contributed by atoms with Crippen LogP contribution in [0.3, 0.4) is 0 Å². The van der Waals surface area contributed by atoms with Crippen molar-refractivity contribution in [1.82, 2.24) is 14.7 Å². The summed E-state index contributed by atoms with van der Waals surface area (Å²) in [5.74, 6) is -0.886. The Balaban J connectivity index is 1.96. The Kier molecular flexibility index (Phi) is 4.29. The van der Waals surface area contributed by atoms with Gasteiger partial charge in [-0.1, -0.05) is 0 Å². The highest BCUT2D eigenvalue weighted by Crippen LogP contribution is 2.22. The third-order valence-corrected chi connectivity index (χ3v) is 4.32. The van der Waals surface area contributed by atoms with E-state index in [1.165, 1.54) is 4.90 Å². The fourth-order valence-corrected chi connectivity index (χ4v) is 2.99. The van der Waals surface area contributed by atoms with Gasteiger partial charge in [-0.05, 0) is 45.8 Å². The zero-order valence-corrected chi connectivity index (χ0v) is 11.7. The van der Waals surface area contributed by atoms with Gasteiger partial charge in [-0.2, -0.15) is 0 Å². The molecular formula is C13H23N3O3. The van der Waals surface area contributed by atoms with Gasteiger partial charge >= 0.3 is 12.0 Å². The van der Waals surface area contributed by atoms with E-state index in [4.69, 9.17) is 5.11 Å². The highest BCUT2D eigenvalue weighted by Gasteiger charge is 2.37. The highest BCUT2D eigenvalue weighted by molar-refractivity contribution is 5.83. The molecule has 0 bridgehead atoms. The second kappa shape index (κ2) is 5.77. The van der Waals surface area contributed by atoms with E-state index in [1.807, 2.05) is 0 Å². The minimum Gasteiger partial charge on any atom is -0.480 e. The lowest BCUT2D eigenvalue weighted by Crippen LogP contribution is -2.52. The van der Waals surface area contributed by atoms with Crippen LogP contribution in [0.2, 0.25) is 0 Å². The largest absolute Gasteiger partial charge is 0.480 e. The SMILES string of the molecule is CN1CCC(N(C)C(=O)N2CCCC2C(=O)O)CC1. The molecule has 108 valence electrons. The molecule has 0 aromatic heterocycles. The van der Waals surface area contributed by atoms with Crippen LogP contribution >= 0.6 is 0 Å². The van der Waals surface area contributed by atoms with Crippen LogP contribution in [0.25, 0.3) is 0 Å². The molecule has 1 atom stereocenters. The molecule has 6 heteroatoms. The number of rotatable bonds is 2. The number of carbonyl (C=O) groups excluding carboxylic acids is 1. The summed E-state index contributed by atoms with van der Waals surface area (Å²) in [7, 11) is 3.88. The topological polar surface area (TPSA) is 64.1 Å². The first-order valence-corrected chi connectivity index (χ1v) is 6.95. The first kappa shape index (κ1) is 14.1. The summed E-state index contributed by atoms with van der Waals surface area (Å²) in [6, 6.07) is -0.528. The summed E-state index contributed by atoms with van der Waals surface area (Å²) < 4.78 is 0. The molecule has 2 saturated heterocycles. The Morgan fingerprint density at radius 2 is 1.79 bits per heavy atom. The van der Waals surface area contributed by atoms with Gasteiger partial charge in [0.1, 0.15) is 6.04 Å². The first-order valence-electron chi connectivity index (χ1n) is 6.95. The first-order chi connectivity index (χ1) is 9.00. The Morgan fingerprint density at radius 1 is 1.16 bits per heavy atom. The van der Waals surface area contributed by atoms with Crippen molar-refractivity contribution in [1.29, 1.82) is 0 Å². The number of urea groups is 1. The lowest BCUT2D eigenvalue weighted by Gasteiger charge is -2.37. The number of likely N-dealkylation sites (tertiary alicyclic amines) is 2. The molecule has 1 unspecified atom stereocenters. The van der Waals surface area contributed by atoms with Gasteiger partial charge in [0, 0.05) is 19.6 Å². The molecule has 0 aromatic carbocycles. The summed E-state index contributed by atoms with van der Waals surface area (Å²) in [5, 5.41) is 9.14. The minimum atomic E-state index is -0.886. The van der Waals surface area contributed by atoms with Crippen molar-refractivity contribution in [3.05, 3.63) is 0 Å². The van der Waals surface area contributed by atoms with E-state index >= 15 is 0 Å². The normalized spacial score (nSPS) is 25.6. The predicted molar refractivity (Wildman–Crippen MR) is 71.0 cm³/mol.